The monoisotopic (exact) mass is 229 g/mol. The van der Waals surface area contributed by atoms with Crippen LogP contribution in [0.4, 0.5) is 4.39 Å². The number of nitrogens with zero attached hydrogens (tertiary/aromatic N) is 1. The van der Waals surface area contributed by atoms with Gasteiger partial charge in [0.15, 0.2) is 0 Å². The predicted octanol–water partition coefficient (Wildman–Crippen LogP) is 3.57. The lowest BCUT2D eigenvalue weighted by Crippen LogP contribution is -1.94. The third kappa shape index (κ3) is 3.38. The number of rotatable bonds is 4. The van der Waals surface area contributed by atoms with Gasteiger partial charge in [0.1, 0.15) is 5.82 Å². The summed E-state index contributed by atoms with van der Waals surface area (Å²) in [5.41, 5.74) is 3.34. The van der Waals surface area contributed by atoms with E-state index in [1.54, 1.807) is 12.1 Å². The fraction of sp³-hybridized carbons (Fsp3) is 0.267. The molecule has 0 N–H and O–H groups in total. The van der Waals surface area contributed by atoms with Crippen molar-refractivity contribution in [3.8, 4) is 0 Å². The molecule has 17 heavy (non-hydrogen) atoms. The number of aryl methyl sites for hydroxylation is 3. The van der Waals surface area contributed by atoms with Crippen molar-refractivity contribution in [3.63, 3.8) is 0 Å². The summed E-state index contributed by atoms with van der Waals surface area (Å²) in [6, 6.07) is 10.9. The molecule has 0 aliphatic heterocycles. The van der Waals surface area contributed by atoms with Gasteiger partial charge >= 0.3 is 0 Å². The van der Waals surface area contributed by atoms with Gasteiger partial charge in [-0.25, -0.2) is 4.39 Å². The lowest BCUT2D eigenvalue weighted by atomic mass is 10.1. The molecule has 1 nitrogen and oxygen atoms in total. The second-order valence-electron chi connectivity index (χ2n) is 4.14. The van der Waals surface area contributed by atoms with E-state index in [4.69, 9.17) is 0 Å². The number of halogens is 1. The molecule has 88 valence electrons. The maximum atomic E-state index is 13.0. The summed E-state index contributed by atoms with van der Waals surface area (Å²) in [6.45, 7) is 2.09. The van der Waals surface area contributed by atoms with Gasteiger partial charge in [0, 0.05) is 11.9 Å². The molecular formula is C15H16FN. The van der Waals surface area contributed by atoms with Crippen molar-refractivity contribution in [2.45, 2.75) is 26.2 Å². The molecule has 0 spiro atoms. The smallest absolute Gasteiger partial charge is 0.123 e. The van der Waals surface area contributed by atoms with Gasteiger partial charge in [-0.15, -0.1) is 0 Å². The molecule has 0 bridgehead atoms. The SMILES string of the molecule is CCc1ccc(CCc2cccc(F)c2)cn1. The van der Waals surface area contributed by atoms with Crippen LogP contribution in [-0.4, -0.2) is 4.98 Å². The van der Waals surface area contributed by atoms with Gasteiger partial charge in [0.05, 0.1) is 0 Å². The average Bonchev–Trinajstić information content (AvgIpc) is 2.37. The highest BCUT2D eigenvalue weighted by atomic mass is 19.1. The number of hydrogen-bond acceptors (Lipinski definition) is 1. The number of benzene rings is 1. The third-order valence-electron chi connectivity index (χ3n) is 2.84. The highest BCUT2D eigenvalue weighted by molar-refractivity contribution is 5.20. The van der Waals surface area contributed by atoms with Crippen LogP contribution in [0.2, 0.25) is 0 Å². The maximum absolute atomic E-state index is 13.0. The van der Waals surface area contributed by atoms with Crippen molar-refractivity contribution in [3.05, 3.63) is 65.2 Å². The highest BCUT2D eigenvalue weighted by Crippen LogP contribution is 2.09. The van der Waals surface area contributed by atoms with E-state index >= 15 is 0 Å². The van der Waals surface area contributed by atoms with Crippen LogP contribution >= 0.6 is 0 Å². The highest BCUT2D eigenvalue weighted by Gasteiger charge is 1.98. The Morgan fingerprint density at radius 1 is 1.06 bits per heavy atom. The molecule has 0 fully saturated rings. The molecule has 0 amide bonds. The molecule has 1 aromatic carbocycles. The molecule has 0 saturated carbocycles. The molecule has 0 radical (unpaired) electrons. The standard InChI is InChI=1S/C15H16FN/c1-2-15-9-8-13(11-17-15)7-6-12-4-3-5-14(16)10-12/h3-5,8-11H,2,6-7H2,1H3. The van der Waals surface area contributed by atoms with Gasteiger partial charge in [-0.3, -0.25) is 4.98 Å². The Bertz CT molecular complexity index is 477. The Kier molecular flexibility index (Phi) is 3.86. The quantitative estimate of drug-likeness (QED) is 0.781. The Balaban J connectivity index is 1.97. The van der Waals surface area contributed by atoms with Crippen LogP contribution in [0.1, 0.15) is 23.7 Å². The molecule has 0 saturated heterocycles. The van der Waals surface area contributed by atoms with E-state index in [1.807, 2.05) is 12.3 Å². The number of hydrogen-bond donors (Lipinski definition) is 0. The summed E-state index contributed by atoms with van der Waals surface area (Å²) in [5.74, 6) is -0.165. The molecule has 0 aliphatic rings. The van der Waals surface area contributed by atoms with E-state index in [0.717, 1.165) is 30.5 Å². The summed E-state index contributed by atoms with van der Waals surface area (Å²) in [6.07, 6.45) is 4.63. The largest absolute Gasteiger partial charge is 0.261 e. The average molecular weight is 229 g/mol. The van der Waals surface area contributed by atoms with Crippen LogP contribution in [0.5, 0.6) is 0 Å². The van der Waals surface area contributed by atoms with Crippen LogP contribution in [0.25, 0.3) is 0 Å². The Hall–Kier alpha value is -1.70. The minimum absolute atomic E-state index is 0.165. The van der Waals surface area contributed by atoms with E-state index in [-0.39, 0.29) is 5.82 Å². The van der Waals surface area contributed by atoms with Gasteiger partial charge < -0.3 is 0 Å². The third-order valence-corrected chi connectivity index (χ3v) is 2.84. The van der Waals surface area contributed by atoms with Gasteiger partial charge in [-0.2, -0.15) is 0 Å². The Morgan fingerprint density at radius 3 is 2.53 bits per heavy atom. The van der Waals surface area contributed by atoms with E-state index in [0.29, 0.717) is 0 Å². The van der Waals surface area contributed by atoms with Crippen LogP contribution in [0.15, 0.2) is 42.6 Å². The summed E-state index contributed by atoms with van der Waals surface area (Å²) in [4.78, 5) is 4.35. The topological polar surface area (TPSA) is 12.9 Å². The zero-order chi connectivity index (χ0) is 12.1. The van der Waals surface area contributed by atoms with Gasteiger partial charge in [0.2, 0.25) is 0 Å². The normalized spacial score (nSPS) is 10.5. The van der Waals surface area contributed by atoms with Gasteiger partial charge in [-0.05, 0) is 48.6 Å². The lowest BCUT2D eigenvalue weighted by Gasteiger charge is -2.03. The van der Waals surface area contributed by atoms with E-state index < -0.39 is 0 Å². The van der Waals surface area contributed by atoms with Crippen LogP contribution in [-0.2, 0) is 19.3 Å². The summed E-state index contributed by atoms with van der Waals surface area (Å²) in [7, 11) is 0. The van der Waals surface area contributed by atoms with Gasteiger partial charge in [-0.1, -0.05) is 25.1 Å². The van der Waals surface area contributed by atoms with Crippen LogP contribution < -0.4 is 0 Å². The Morgan fingerprint density at radius 2 is 1.88 bits per heavy atom. The second kappa shape index (κ2) is 5.58. The first-order chi connectivity index (χ1) is 8.28. The Labute approximate surface area is 101 Å². The number of pyridine rings is 1. The van der Waals surface area contributed by atoms with Crippen molar-refractivity contribution in [2.75, 3.05) is 0 Å². The molecule has 2 heteroatoms. The summed E-state index contributed by atoms with van der Waals surface area (Å²) in [5, 5.41) is 0. The fourth-order valence-corrected chi connectivity index (χ4v) is 1.79. The summed E-state index contributed by atoms with van der Waals surface area (Å²) >= 11 is 0. The molecular weight excluding hydrogens is 213 g/mol. The van der Waals surface area contributed by atoms with Crippen LogP contribution in [0, 0.1) is 5.82 Å². The summed E-state index contributed by atoms with van der Waals surface area (Å²) < 4.78 is 13.0. The molecule has 2 rings (SSSR count). The van der Waals surface area contributed by atoms with Crippen molar-refractivity contribution in [2.24, 2.45) is 0 Å². The number of aromatic nitrogens is 1. The lowest BCUT2D eigenvalue weighted by molar-refractivity contribution is 0.625. The van der Waals surface area contributed by atoms with Crippen molar-refractivity contribution >= 4 is 0 Å². The molecule has 2 aromatic rings. The minimum Gasteiger partial charge on any atom is -0.261 e. The first kappa shape index (κ1) is 11.8. The van der Waals surface area contributed by atoms with E-state index in [9.17, 15) is 4.39 Å². The first-order valence-corrected chi connectivity index (χ1v) is 5.96. The fourth-order valence-electron chi connectivity index (χ4n) is 1.79. The molecule has 1 heterocycles. The first-order valence-electron chi connectivity index (χ1n) is 5.96. The zero-order valence-electron chi connectivity index (χ0n) is 9.99. The van der Waals surface area contributed by atoms with Crippen LogP contribution in [0.3, 0.4) is 0 Å². The zero-order valence-corrected chi connectivity index (χ0v) is 9.99. The van der Waals surface area contributed by atoms with Gasteiger partial charge in [0.25, 0.3) is 0 Å². The molecule has 1 aromatic heterocycles. The molecule has 0 unspecified atom stereocenters. The van der Waals surface area contributed by atoms with Crippen molar-refractivity contribution < 1.29 is 4.39 Å². The minimum atomic E-state index is -0.165. The maximum Gasteiger partial charge on any atom is 0.123 e. The van der Waals surface area contributed by atoms with E-state index in [2.05, 4.69) is 24.0 Å². The van der Waals surface area contributed by atoms with E-state index in [1.165, 1.54) is 11.6 Å². The molecule has 0 atom stereocenters. The van der Waals surface area contributed by atoms with Crippen molar-refractivity contribution in [1.82, 2.24) is 4.98 Å². The van der Waals surface area contributed by atoms with Crippen molar-refractivity contribution in [1.29, 1.82) is 0 Å². The second-order valence-corrected chi connectivity index (χ2v) is 4.14. The predicted molar refractivity (Wildman–Crippen MR) is 67.4 cm³/mol. The molecule has 0 aliphatic carbocycles.